The zero-order valence-corrected chi connectivity index (χ0v) is 20.2. The maximum atomic E-state index is 12.7. The Morgan fingerprint density at radius 2 is 1.86 bits per heavy atom. The number of esters is 1. The van der Waals surface area contributed by atoms with Gasteiger partial charge in [-0.25, -0.2) is 9.78 Å². The minimum Gasteiger partial charge on any atom is -0.464 e. The van der Waals surface area contributed by atoms with Crippen LogP contribution in [0, 0.1) is 0 Å². The number of nitrogens with zero attached hydrogens (tertiary/aromatic N) is 5. The van der Waals surface area contributed by atoms with Crippen molar-refractivity contribution < 1.29 is 14.3 Å². The van der Waals surface area contributed by atoms with Crippen LogP contribution in [0.15, 0.2) is 48.5 Å². The molecule has 0 radical (unpaired) electrons. The molecule has 1 amide bonds. The number of benzene rings is 2. The first-order valence-electron chi connectivity index (χ1n) is 11.7. The third-order valence-corrected chi connectivity index (χ3v) is 5.74. The number of ether oxygens (including phenoxy) is 1. The van der Waals surface area contributed by atoms with Gasteiger partial charge in [-0.3, -0.25) is 4.79 Å². The van der Waals surface area contributed by atoms with Crippen LogP contribution in [0.25, 0.3) is 22.5 Å². The smallest absolute Gasteiger partial charge is 0.358 e. The summed E-state index contributed by atoms with van der Waals surface area (Å²) in [6, 6.07) is 15.8. The standard InChI is InChI=1S/C25H28N8O3/c1-3-4-9-20-27-24(28-21(34)14-26)22(25(35)36-2)33(20)15-16-10-12-17(13-11-16)18-7-5-6-8-19(18)23-29-31-32-30-23/h5-8,10-13H,3-4,9,14-15,26H2,1-2H3,(H,28,34)(H,29,30,31,32). The van der Waals surface area contributed by atoms with E-state index in [0.717, 1.165) is 35.1 Å². The van der Waals surface area contributed by atoms with Crippen LogP contribution < -0.4 is 11.1 Å². The van der Waals surface area contributed by atoms with Crippen molar-refractivity contribution in [3.63, 3.8) is 0 Å². The van der Waals surface area contributed by atoms with Gasteiger partial charge in [0.15, 0.2) is 11.5 Å². The van der Waals surface area contributed by atoms with Gasteiger partial charge in [0.1, 0.15) is 5.82 Å². The highest BCUT2D eigenvalue weighted by atomic mass is 16.5. The molecule has 4 N–H and O–H groups in total. The molecule has 0 aliphatic heterocycles. The van der Waals surface area contributed by atoms with E-state index in [0.29, 0.717) is 24.6 Å². The lowest BCUT2D eigenvalue weighted by molar-refractivity contribution is -0.114. The number of imidazole rings is 1. The van der Waals surface area contributed by atoms with Gasteiger partial charge in [0.05, 0.1) is 13.7 Å². The van der Waals surface area contributed by atoms with Gasteiger partial charge in [-0.2, -0.15) is 5.21 Å². The number of aryl methyl sites for hydroxylation is 1. The van der Waals surface area contributed by atoms with Gasteiger partial charge in [0, 0.05) is 18.5 Å². The van der Waals surface area contributed by atoms with Gasteiger partial charge in [0.2, 0.25) is 11.7 Å². The van der Waals surface area contributed by atoms with E-state index in [1.165, 1.54) is 7.11 Å². The molecule has 2 aromatic heterocycles. The van der Waals surface area contributed by atoms with Gasteiger partial charge < -0.3 is 20.4 Å². The van der Waals surface area contributed by atoms with Crippen LogP contribution in [0.5, 0.6) is 0 Å². The lowest BCUT2D eigenvalue weighted by Crippen LogP contribution is -2.24. The van der Waals surface area contributed by atoms with Crippen LogP contribution in [0.4, 0.5) is 5.82 Å². The number of carbonyl (C=O) groups is 2. The van der Waals surface area contributed by atoms with Crippen LogP contribution >= 0.6 is 0 Å². The number of aromatic amines is 1. The van der Waals surface area contributed by atoms with E-state index in [9.17, 15) is 9.59 Å². The lowest BCUT2D eigenvalue weighted by Gasteiger charge is -2.13. The zero-order valence-electron chi connectivity index (χ0n) is 20.2. The van der Waals surface area contributed by atoms with Crippen molar-refractivity contribution in [1.82, 2.24) is 30.2 Å². The Bertz CT molecular complexity index is 1330. The summed E-state index contributed by atoms with van der Waals surface area (Å²) >= 11 is 0. The minimum atomic E-state index is -0.580. The van der Waals surface area contributed by atoms with Crippen LogP contribution in [0.3, 0.4) is 0 Å². The normalized spacial score (nSPS) is 10.9. The van der Waals surface area contributed by atoms with E-state index >= 15 is 0 Å². The van der Waals surface area contributed by atoms with E-state index in [2.05, 4.69) is 37.8 Å². The van der Waals surface area contributed by atoms with Gasteiger partial charge in [-0.05, 0) is 28.3 Å². The topological polar surface area (TPSA) is 154 Å². The van der Waals surface area contributed by atoms with Gasteiger partial charge in [-0.15, -0.1) is 10.2 Å². The summed E-state index contributed by atoms with van der Waals surface area (Å²) in [6.45, 7) is 2.24. The molecular formula is C25H28N8O3. The number of carbonyl (C=O) groups excluding carboxylic acids is 2. The Hall–Kier alpha value is -4.38. The van der Waals surface area contributed by atoms with Crippen LogP contribution in [0.2, 0.25) is 0 Å². The first-order valence-corrected chi connectivity index (χ1v) is 11.7. The number of anilines is 1. The second-order valence-corrected chi connectivity index (χ2v) is 8.14. The molecule has 2 aromatic carbocycles. The quantitative estimate of drug-likeness (QED) is 0.288. The SMILES string of the molecule is CCCCc1nc(NC(=O)CN)c(C(=O)OC)n1Cc1ccc(-c2ccccc2-c2nn[nH]n2)cc1. The highest BCUT2D eigenvalue weighted by Crippen LogP contribution is 2.30. The van der Waals surface area contributed by atoms with Crippen molar-refractivity contribution in [1.29, 1.82) is 0 Å². The van der Waals surface area contributed by atoms with E-state index in [1.54, 1.807) is 4.57 Å². The molecule has 0 aliphatic rings. The maximum Gasteiger partial charge on any atom is 0.358 e. The summed E-state index contributed by atoms with van der Waals surface area (Å²) in [5.74, 6) is 0.355. The predicted molar refractivity (Wildman–Crippen MR) is 134 cm³/mol. The summed E-state index contributed by atoms with van der Waals surface area (Å²) in [7, 11) is 1.30. The average molecular weight is 489 g/mol. The number of aromatic nitrogens is 6. The van der Waals surface area contributed by atoms with Crippen LogP contribution in [-0.4, -0.2) is 55.7 Å². The summed E-state index contributed by atoms with van der Waals surface area (Å²) in [4.78, 5) is 29.2. The van der Waals surface area contributed by atoms with E-state index in [4.69, 9.17) is 10.5 Å². The summed E-state index contributed by atoms with van der Waals surface area (Å²) in [5.41, 5.74) is 9.42. The summed E-state index contributed by atoms with van der Waals surface area (Å²) in [5, 5.41) is 17.0. The number of hydrogen-bond donors (Lipinski definition) is 3. The molecule has 0 aliphatic carbocycles. The maximum absolute atomic E-state index is 12.7. The molecule has 0 unspecified atom stereocenters. The zero-order chi connectivity index (χ0) is 25.5. The summed E-state index contributed by atoms with van der Waals surface area (Å²) in [6.07, 6.45) is 2.49. The number of nitrogens with one attached hydrogen (secondary N) is 2. The van der Waals surface area contributed by atoms with Gasteiger partial charge in [-0.1, -0.05) is 61.9 Å². The fraction of sp³-hybridized carbons (Fsp3) is 0.280. The highest BCUT2D eigenvalue weighted by Gasteiger charge is 2.25. The molecule has 11 nitrogen and oxygen atoms in total. The Labute approximate surface area is 208 Å². The predicted octanol–water partition coefficient (Wildman–Crippen LogP) is 2.80. The molecule has 0 fully saturated rings. The minimum absolute atomic E-state index is 0.161. The van der Waals surface area contributed by atoms with Crippen molar-refractivity contribution in [3.05, 3.63) is 65.6 Å². The van der Waals surface area contributed by atoms with Crippen molar-refractivity contribution in [2.24, 2.45) is 5.73 Å². The van der Waals surface area contributed by atoms with E-state index < -0.39 is 11.9 Å². The Morgan fingerprint density at radius 1 is 1.11 bits per heavy atom. The first kappa shape index (κ1) is 24.7. The molecule has 0 bridgehead atoms. The summed E-state index contributed by atoms with van der Waals surface area (Å²) < 4.78 is 6.81. The van der Waals surface area contributed by atoms with E-state index in [1.807, 2.05) is 48.5 Å². The molecule has 0 spiro atoms. The second-order valence-electron chi connectivity index (χ2n) is 8.14. The first-order chi connectivity index (χ1) is 17.5. The second kappa shape index (κ2) is 11.4. The molecule has 36 heavy (non-hydrogen) atoms. The highest BCUT2D eigenvalue weighted by molar-refractivity contribution is 5.99. The number of amides is 1. The molecule has 4 rings (SSSR count). The Balaban J connectivity index is 1.69. The molecule has 0 saturated heterocycles. The molecule has 2 heterocycles. The van der Waals surface area contributed by atoms with Gasteiger partial charge in [0.25, 0.3) is 0 Å². The molecule has 0 atom stereocenters. The van der Waals surface area contributed by atoms with Crippen molar-refractivity contribution in [3.8, 4) is 22.5 Å². The molecule has 11 heteroatoms. The Kier molecular flexibility index (Phi) is 7.81. The largest absolute Gasteiger partial charge is 0.464 e. The Morgan fingerprint density at radius 3 is 2.50 bits per heavy atom. The number of hydrogen-bond acceptors (Lipinski definition) is 8. The van der Waals surface area contributed by atoms with Crippen LogP contribution in [-0.2, 0) is 22.5 Å². The van der Waals surface area contributed by atoms with Crippen molar-refractivity contribution in [2.75, 3.05) is 19.0 Å². The molecule has 0 saturated carbocycles. The van der Waals surface area contributed by atoms with Gasteiger partial charge >= 0.3 is 5.97 Å². The number of H-pyrrole nitrogens is 1. The molecule has 186 valence electrons. The number of methoxy groups -OCH3 is 1. The van der Waals surface area contributed by atoms with Crippen molar-refractivity contribution >= 4 is 17.7 Å². The fourth-order valence-corrected chi connectivity index (χ4v) is 3.95. The number of nitrogens with two attached hydrogens (primary N) is 1. The van der Waals surface area contributed by atoms with Crippen LogP contribution in [0.1, 0.15) is 41.6 Å². The fourth-order valence-electron chi connectivity index (χ4n) is 3.95. The third-order valence-electron chi connectivity index (χ3n) is 5.74. The molecule has 4 aromatic rings. The molecular weight excluding hydrogens is 460 g/mol. The number of rotatable bonds is 10. The number of unbranched alkanes of at least 4 members (excludes halogenated alkanes) is 1. The third kappa shape index (κ3) is 5.31. The van der Waals surface area contributed by atoms with Crippen molar-refractivity contribution in [2.45, 2.75) is 32.7 Å². The lowest BCUT2D eigenvalue weighted by atomic mass is 9.98. The average Bonchev–Trinajstić information content (AvgIpc) is 3.56. The monoisotopic (exact) mass is 488 g/mol. The van der Waals surface area contributed by atoms with E-state index in [-0.39, 0.29) is 18.1 Å². The number of tetrazole rings is 1.